The van der Waals surface area contributed by atoms with Crippen molar-refractivity contribution in [2.45, 2.75) is 19.2 Å². The maximum Gasteiger partial charge on any atom is 0.414 e. The second-order valence-electron chi connectivity index (χ2n) is 1.49. The smallest absolute Gasteiger partial charge is 0.319 e. The van der Waals surface area contributed by atoms with Crippen molar-refractivity contribution in [2.75, 3.05) is 0 Å². The molecule has 0 aliphatic heterocycles. The topological polar surface area (TPSA) is 9.23 Å². The molecule has 0 aliphatic carbocycles. The van der Waals surface area contributed by atoms with Crippen LogP contribution in [0.3, 0.4) is 0 Å². The molecule has 0 heterocycles. The molecule has 0 radical (unpaired) electrons. The van der Waals surface area contributed by atoms with Crippen LogP contribution in [0.2, 0.25) is 0 Å². The molecule has 0 aromatic rings. The molecule has 0 bridgehead atoms. The molecule has 0 spiro atoms. The van der Waals surface area contributed by atoms with Crippen LogP contribution in [-0.2, 0) is 4.52 Å². The van der Waals surface area contributed by atoms with Gasteiger partial charge in [-0.2, -0.15) is 13.2 Å². The van der Waals surface area contributed by atoms with Crippen molar-refractivity contribution < 1.29 is 17.7 Å². The van der Waals surface area contributed by atoms with Gasteiger partial charge in [0.2, 0.25) is 6.85 Å². The Morgan fingerprint density at radius 2 is 1.80 bits per heavy atom. The molecule has 0 aromatic carbocycles. The number of halogens is 5. The van der Waals surface area contributed by atoms with E-state index in [2.05, 4.69) is 4.52 Å². The Kier molecular flexibility index (Phi) is 4.26. The molecular formula is C3H4Cl2F3OP. The first-order chi connectivity index (χ1) is 4.34. The molecular weight excluding hydrogens is 211 g/mol. The van der Waals surface area contributed by atoms with Crippen LogP contribution in [0.4, 0.5) is 13.2 Å². The molecule has 7 heteroatoms. The van der Waals surface area contributed by atoms with Gasteiger partial charge < -0.3 is 4.52 Å². The summed E-state index contributed by atoms with van der Waals surface area (Å²) in [7, 11) is 0. The average Bonchev–Trinajstić information content (AvgIpc) is 1.60. The number of hydrogen-bond donors (Lipinski definition) is 0. The summed E-state index contributed by atoms with van der Waals surface area (Å²) in [5.41, 5.74) is 0. The molecule has 0 rings (SSSR count). The van der Waals surface area contributed by atoms with Gasteiger partial charge in [-0.25, -0.2) is 0 Å². The zero-order valence-electron chi connectivity index (χ0n) is 4.82. The van der Waals surface area contributed by atoms with E-state index >= 15 is 0 Å². The zero-order chi connectivity index (χ0) is 8.36. The fourth-order valence-corrected chi connectivity index (χ4v) is 1.25. The van der Waals surface area contributed by atoms with Gasteiger partial charge in [-0.15, -0.1) is 0 Å². The third-order valence-electron chi connectivity index (χ3n) is 0.699. The summed E-state index contributed by atoms with van der Waals surface area (Å²) in [5, 5.41) is 0. The fourth-order valence-electron chi connectivity index (χ4n) is 0.179. The standard InChI is InChI=1S/C3H4Cl2F3OP/c1-2(3(6,7)8)9-10(4)5/h2H,1H3. The van der Waals surface area contributed by atoms with E-state index in [9.17, 15) is 13.2 Å². The Labute approximate surface area is 66.9 Å². The van der Waals surface area contributed by atoms with E-state index in [1.165, 1.54) is 0 Å². The molecule has 0 saturated heterocycles. The van der Waals surface area contributed by atoms with E-state index in [1.54, 1.807) is 0 Å². The first-order valence-electron chi connectivity index (χ1n) is 2.19. The summed E-state index contributed by atoms with van der Waals surface area (Å²) >= 11 is 9.97. The van der Waals surface area contributed by atoms with Crippen molar-refractivity contribution in [1.29, 1.82) is 0 Å². The van der Waals surface area contributed by atoms with Gasteiger partial charge in [-0.1, -0.05) is 0 Å². The first kappa shape index (κ1) is 10.8. The van der Waals surface area contributed by atoms with Crippen LogP contribution in [0.5, 0.6) is 0 Å². The molecule has 0 aliphatic rings. The van der Waals surface area contributed by atoms with Crippen LogP contribution in [0.15, 0.2) is 0 Å². The molecule has 0 aromatic heterocycles. The minimum Gasteiger partial charge on any atom is -0.319 e. The highest BCUT2D eigenvalue weighted by Crippen LogP contribution is 2.50. The second-order valence-corrected chi connectivity index (χ2v) is 4.47. The van der Waals surface area contributed by atoms with Crippen LogP contribution >= 0.6 is 29.3 Å². The lowest BCUT2D eigenvalue weighted by atomic mass is 10.4. The van der Waals surface area contributed by atoms with Gasteiger partial charge in [-0.3, -0.25) is 0 Å². The normalized spacial score (nSPS) is 15.9. The SMILES string of the molecule is CC(OP(Cl)Cl)C(F)(F)F. The average molecular weight is 215 g/mol. The van der Waals surface area contributed by atoms with E-state index in [4.69, 9.17) is 22.5 Å². The summed E-state index contributed by atoms with van der Waals surface area (Å²) in [6.07, 6.45) is -6.28. The summed E-state index contributed by atoms with van der Waals surface area (Å²) < 4.78 is 38.8. The third kappa shape index (κ3) is 4.56. The number of alkyl halides is 3. The maximum absolute atomic E-state index is 11.6. The van der Waals surface area contributed by atoms with Gasteiger partial charge >= 0.3 is 6.18 Å². The molecule has 0 amide bonds. The Hall–Kier alpha value is 0.760. The Morgan fingerprint density at radius 3 is 1.90 bits per heavy atom. The first-order valence-corrected chi connectivity index (χ1v) is 5.26. The molecule has 1 unspecified atom stereocenters. The molecule has 0 fully saturated rings. The molecule has 1 nitrogen and oxygen atoms in total. The number of hydrogen-bond acceptors (Lipinski definition) is 1. The predicted octanol–water partition coefficient (Wildman–Crippen LogP) is 3.66. The second kappa shape index (κ2) is 3.96. The van der Waals surface area contributed by atoms with Crippen molar-refractivity contribution >= 4 is 29.3 Å². The monoisotopic (exact) mass is 214 g/mol. The van der Waals surface area contributed by atoms with Crippen LogP contribution in [-0.4, -0.2) is 12.3 Å². The summed E-state index contributed by atoms with van der Waals surface area (Å²) in [6.45, 7) is -1.13. The summed E-state index contributed by atoms with van der Waals surface area (Å²) in [6, 6.07) is 0. The van der Waals surface area contributed by atoms with Crippen molar-refractivity contribution in [3.63, 3.8) is 0 Å². The van der Waals surface area contributed by atoms with Gasteiger partial charge in [0.05, 0.1) is 0 Å². The van der Waals surface area contributed by atoms with Crippen molar-refractivity contribution in [3.8, 4) is 0 Å². The Balaban J connectivity index is 3.73. The highest BCUT2D eigenvalue weighted by Gasteiger charge is 2.38. The Morgan fingerprint density at radius 1 is 1.40 bits per heavy atom. The van der Waals surface area contributed by atoms with E-state index < -0.39 is 19.1 Å². The quantitative estimate of drug-likeness (QED) is 0.638. The molecule has 62 valence electrons. The van der Waals surface area contributed by atoms with E-state index in [0.29, 0.717) is 0 Å². The summed E-state index contributed by atoms with van der Waals surface area (Å²) in [4.78, 5) is 0. The highest BCUT2D eigenvalue weighted by molar-refractivity contribution is 8.00. The van der Waals surface area contributed by atoms with Crippen LogP contribution in [0.1, 0.15) is 6.92 Å². The van der Waals surface area contributed by atoms with E-state index in [0.717, 1.165) is 6.92 Å². The lowest BCUT2D eigenvalue weighted by molar-refractivity contribution is -0.186. The largest absolute Gasteiger partial charge is 0.414 e. The van der Waals surface area contributed by atoms with Crippen molar-refractivity contribution in [1.82, 2.24) is 0 Å². The van der Waals surface area contributed by atoms with Crippen molar-refractivity contribution in [3.05, 3.63) is 0 Å². The molecule has 0 saturated carbocycles. The summed E-state index contributed by atoms with van der Waals surface area (Å²) in [5.74, 6) is 0. The zero-order valence-corrected chi connectivity index (χ0v) is 7.23. The molecule has 10 heavy (non-hydrogen) atoms. The fraction of sp³-hybridized carbons (Fsp3) is 1.00. The molecule has 0 N–H and O–H groups in total. The number of rotatable bonds is 2. The highest BCUT2D eigenvalue weighted by atomic mass is 35.9. The van der Waals surface area contributed by atoms with Crippen LogP contribution in [0.25, 0.3) is 0 Å². The minimum atomic E-state index is -4.38. The minimum absolute atomic E-state index is 0.847. The van der Waals surface area contributed by atoms with E-state index in [1.807, 2.05) is 0 Å². The van der Waals surface area contributed by atoms with Crippen LogP contribution in [0, 0.1) is 0 Å². The van der Waals surface area contributed by atoms with Gasteiger partial charge in [0, 0.05) is 0 Å². The predicted molar refractivity (Wildman–Crippen MR) is 35.2 cm³/mol. The van der Waals surface area contributed by atoms with Gasteiger partial charge in [-0.05, 0) is 29.4 Å². The molecule has 1 atom stereocenters. The van der Waals surface area contributed by atoms with E-state index in [-0.39, 0.29) is 0 Å². The van der Waals surface area contributed by atoms with Gasteiger partial charge in [0.15, 0.2) is 6.10 Å². The lowest BCUT2D eigenvalue weighted by Crippen LogP contribution is -2.26. The lowest BCUT2D eigenvalue weighted by Gasteiger charge is -2.15. The Bertz CT molecular complexity index is 106. The third-order valence-corrected chi connectivity index (χ3v) is 1.65. The van der Waals surface area contributed by atoms with Gasteiger partial charge in [0.1, 0.15) is 0 Å². The van der Waals surface area contributed by atoms with Crippen molar-refractivity contribution in [2.24, 2.45) is 0 Å². The van der Waals surface area contributed by atoms with Gasteiger partial charge in [0.25, 0.3) is 0 Å². The maximum atomic E-state index is 11.6. The van der Waals surface area contributed by atoms with Crippen LogP contribution < -0.4 is 0 Å².